The minimum Gasteiger partial charge on any atom is -0.296 e. The summed E-state index contributed by atoms with van der Waals surface area (Å²) in [7, 11) is 0. The number of benzene rings is 1. The summed E-state index contributed by atoms with van der Waals surface area (Å²) in [5, 5.41) is 15.7. The third kappa shape index (κ3) is 2.27. The number of carbonyl (C=O) groups is 1. The van der Waals surface area contributed by atoms with Crippen LogP contribution in [0.2, 0.25) is 0 Å². The first-order chi connectivity index (χ1) is 9.67. The van der Waals surface area contributed by atoms with Crippen LogP contribution in [0.3, 0.4) is 0 Å². The molecule has 0 unspecified atom stereocenters. The van der Waals surface area contributed by atoms with Crippen molar-refractivity contribution in [2.75, 3.05) is 5.32 Å². The van der Waals surface area contributed by atoms with E-state index in [1.54, 1.807) is 10.6 Å². The van der Waals surface area contributed by atoms with Crippen LogP contribution in [0.4, 0.5) is 5.13 Å². The van der Waals surface area contributed by atoms with Crippen molar-refractivity contribution < 1.29 is 4.79 Å². The zero-order valence-electron chi connectivity index (χ0n) is 11.1. The van der Waals surface area contributed by atoms with Crippen molar-refractivity contribution in [2.24, 2.45) is 0 Å². The summed E-state index contributed by atoms with van der Waals surface area (Å²) in [6.45, 7) is 3.94. The van der Waals surface area contributed by atoms with Gasteiger partial charge in [-0.3, -0.25) is 10.1 Å². The SMILES string of the molecule is CCc1nnc2sc(NC(=O)c3cccc(C)c3)nn12. The average molecular weight is 287 g/mol. The molecule has 0 aliphatic rings. The maximum absolute atomic E-state index is 12.1. The number of hydrogen-bond acceptors (Lipinski definition) is 5. The van der Waals surface area contributed by atoms with Crippen LogP contribution in [-0.2, 0) is 6.42 Å². The lowest BCUT2D eigenvalue weighted by molar-refractivity contribution is 0.102. The number of carbonyl (C=O) groups excluding carboxylic acids is 1. The zero-order valence-corrected chi connectivity index (χ0v) is 11.9. The highest BCUT2D eigenvalue weighted by molar-refractivity contribution is 7.20. The molecule has 2 aromatic heterocycles. The molecule has 2 heterocycles. The predicted octanol–water partition coefficient (Wildman–Crippen LogP) is 2.31. The number of fused-ring (bicyclic) bond motifs is 1. The monoisotopic (exact) mass is 287 g/mol. The summed E-state index contributed by atoms with van der Waals surface area (Å²) >= 11 is 1.31. The lowest BCUT2D eigenvalue weighted by Gasteiger charge is -2.01. The van der Waals surface area contributed by atoms with Crippen molar-refractivity contribution >= 4 is 27.3 Å². The van der Waals surface area contributed by atoms with Crippen molar-refractivity contribution in [2.45, 2.75) is 20.3 Å². The molecule has 0 atom stereocenters. The van der Waals surface area contributed by atoms with E-state index in [4.69, 9.17) is 0 Å². The first kappa shape index (κ1) is 12.7. The second-order valence-electron chi connectivity index (χ2n) is 4.39. The Hall–Kier alpha value is -2.28. The maximum Gasteiger partial charge on any atom is 0.257 e. The van der Waals surface area contributed by atoms with Crippen LogP contribution in [0.25, 0.3) is 4.96 Å². The van der Waals surface area contributed by atoms with Gasteiger partial charge in [0.2, 0.25) is 10.1 Å². The number of aryl methyl sites for hydroxylation is 2. The fourth-order valence-corrected chi connectivity index (χ4v) is 2.64. The Morgan fingerprint density at radius 3 is 3.00 bits per heavy atom. The van der Waals surface area contributed by atoms with Gasteiger partial charge in [-0.25, -0.2) is 0 Å². The lowest BCUT2D eigenvalue weighted by atomic mass is 10.1. The molecule has 6 nitrogen and oxygen atoms in total. The first-order valence-electron chi connectivity index (χ1n) is 6.26. The van der Waals surface area contributed by atoms with Gasteiger partial charge in [-0.05, 0) is 19.1 Å². The van der Waals surface area contributed by atoms with Crippen LogP contribution in [0.15, 0.2) is 24.3 Å². The Labute approximate surface area is 119 Å². The van der Waals surface area contributed by atoms with Gasteiger partial charge in [0.1, 0.15) is 0 Å². The molecule has 0 aliphatic heterocycles. The number of hydrogen-bond donors (Lipinski definition) is 1. The van der Waals surface area contributed by atoms with E-state index in [2.05, 4.69) is 20.6 Å². The third-order valence-corrected chi connectivity index (χ3v) is 3.69. The highest BCUT2D eigenvalue weighted by atomic mass is 32.1. The molecule has 20 heavy (non-hydrogen) atoms. The summed E-state index contributed by atoms with van der Waals surface area (Å²) in [6.07, 6.45) is 0.746. The standard InChI is InChI=1S/C13H13N5OS/c1-3-10-15-16-13-18(10)17-12(20-13)14-11(19)9-6-4-5-8(2)7-9/h4-7H,3H2,1-2H3,(H,14,17,19). The minimum atomic E-state index is -0.170. The van der Waals surface area contributed by atoms with E-state index in [9.17, 15) is 4.79 Å². The molecular weight excluding hydrogens is 274 g/mol. The van der Waals surface area contributed by atoms with E-state index >= 15 is 0 Å². The Morgan fingerprint density at radius 1 is 1.40 bits per heavy atom. The maximum atomic E-state index is 12.1. The minimum absolute atomic E-state index is 0.170. The first-order valence-corrected chi connectivity index (χ1v) is 7.08. The Kier molecular flexibility index (Phi) is 3.19. The molecular formula is C13H13N5OS. The highest BCUT2D eigenvalue weighted by Gasteiger charge is 2.13. The van der Waals surface area contributed by atoms with Crippen molar-refractivity contribution in [3.8, 4) is 0 Å². The second-order valence-corrected chi connectivity index (χ2v) is 5.35. The van der Waals surface area contributed by atoms with Crippen molar-refractivity contribution in [3.05, 3.63) is 41.2 Å². The van der Waals surface area contributed by atoms with E-state index in [1.165, 1.54) is 11.3 Å². The van der Waals surface area contributed by atoms with Crippen LogP contribution in [-0.4, -0.2) is 25.7 Å². The summed E-state index contributed by atoms with van der Waals surface area (Å²) in [5.74, 6) is 0.615. The molecule has 1 aromatic carbocycles. The van der Waals surface area contributed by atoms with Gasteiger partial charge >= 0.3 is 0 Å². The zero-order chi connectivity index (χ0) is 14.1. The van der Waals surface area contributed by atoms with Crippen LogP contribution in [0.1, 0.15) is 28.7 Å². The highest BCUT2D eigenvalue weighted by Crippen LogP contribution is 2.19. The normalized spacial score (nSPS) is 10.9. The fraction of sp³-hybridized carbons (Fsp3) is 0.231. The summed E-state index contributed by atoms with van der Waals surface area (Å²) < 4.78 is 1.66. The molecule has 0 saturated carbocycles. The third-order valence-electron chi connectivity index (χ3n) is 2.87. The van der Waals surface area contributed by atoms with Crippen molar-refractivity contribution in [1.82, 2.24) is 19.8 Å². The Balaban J connectivity index is 1.85. The molecule has 3 aromatic rings. The van der Waals surface area contributed by atoms with Crippen molar-refractivity contribution in [1.29, 1.82) is 0 Å². The molecule has 0 fully saturated rings. The molecule has 1 amide bonds. The van der Waals surface area contributed by atoms with Gasteiger partial charge in [0, 0.05) is 12.0 Å². The molecule has 1 N–H and O–H groups in total. The molecule has 0 radical (unpaired) electrons. The van der Waals surface area contributed by atoms with E-state index in [0.717, 1.165) is 17.8 Å². The molecule has 0 saturated heterocycles. The topological polar surface area (TPSA) is 72.2 Å². The number of nitrogens with zero attached hydrogens (tertiary/aromatic N) is 4. The van der Waals surface area contributed by atoms with E-state index < -0.39 is 0 Å². The van der Waals surface area contributed by atoms with E-state index in [1.807, 2.05) is 32.0 Å². The molecule has 0 spiro atoms. The van der Waals surface area contributed by atoms with Gasteiger partial charge in [-0.15, -0.1) is 15.3 Å². The number of rotatable bonds is 3. The number of anilines is 1. The molecule has 0 aliphatic carbocycles. The summed E-state index contributed by atoms with van der Waals surface area (Å²) in [5.41, 5.74) is 1.66. The van der Waals surface area contributed by atoms with Crippen LogP contribution < -0.4 is 5.32 Å². The molecule has 3 rings (SSSR count). The number of amides is 1. The molecule has 0 bridgehead atoms. The Bertz CT molecular complexity index is 776. The van der Waals surface area contributed by atoms with Gasteiger partial charge in [0.25, 0.3) is 5.91 Å². The van der Waals surface area contributed by atoms with Gasteiger partial charge in [-0.2, -0.15) is 4.52 Å². The molecule has 7 heteroatoms. The van der Waals surface area contributed by atoms with Gasteiger partial charge < -0.3 is 0 Å². The van der Waals surface area contributed by atoms with Gasteiger partial charge in [0.15, 0.2) is 5.82 Å². The van der Waals surface area contributed by atoms with E-state index in [0.29, 0.717) is 15.7 Å². The van der Waals surface area contributed by atoms with Crippen LogP contribution in [0.5, 0.6) is 0 Å². The summed E-state index contributed by atoms with van der Waals surface area (Å²) in [4.78, 5) is 12.8. The van der Waals surface area contributed by atoms with Gasteiger partial charge in [0.05, 0.1) is 0 Å². The largest absolute Gasteiger partial charge is 0.296 e. The quantitative estimate of drug-likeness (QED) is 0.802. The van der Waals surface area contributed by atoms with Crippen LogP contribution in [0, 0.1) is 6.92 Å². The number of aromatic nitrogens is 4. The summed E-state index contributed by atoms with van der Waals surface area (Å²) in [6, 6.07) is 7.43. The molecule has 102 valence electrons. The van der Waals surface area contributed by atoms with Crippen molar-refractivity contribution in [3.63, 3.8) is 0 Å². The van der Waals surface area contributed by atoms with Crippen LogP contribution >= 0.6 is 11.3 Å². The average Bonchev–Trinajstić information content (AvgIpc) is 2.98. The van der Waals surface area contributed by atoms with Gasteiger partial charge in [-0.1, -0.05) is 36.0 Å². The van der Waals surface area contributed by atoms with E-state index in [-0.39, 0.29) is 5.91 Å². The smallest absolute Gasteiger partial charge is 0.257 e. The second kappa shape index (κ2) is 5.01. The fourth-order valence-electron chi connectivity index (χ4n) is 1.88. The number of nitrogens with one attached hydrogen (secondary N) is 1. The Morgan fingerprint density at radius 2 is 2.25 bits per heavy atom. The lowest BCUT2D eigenvalue weighted by Crippen LogP contribution is -2.12. The predicted molar refractivity (Wildman–Crippen MR) is 77.2 cm³/mol.